The second kappa shape index (κ2) is 5.39. The van der Waals surface area contributed by atoms with E-state index in [1.54, 1.807) is 26.0 Å². The number of benzene rings is 1. The second-order valence-electron chi connectivity index (χ2n) is 4.46. The SMILES string of the molecule is CC(C)CS(=O)(=O)N(C)c1ccccc1C(=O)O. The smallest absolute Gasteiger partial charge is 0.337 e. The van der Waals surface area contributed by atoms with Gasteiger partial charge in [0.2, 0.25) is 10.0 Å². The summed E-state index contributed by atoms with van der Waals surface area (Å²) in [5, 5.41) is 9.04. The molecule has 0 saturated carbocycles. The van der Waals surface area contributed by atoms with E-state index in [4.69, 9.17) is 5.11 Å². The van der Waals surface area contributed by atoms with Crippen LogP contribution < -0.4 is 4.31 Å². The molecular formula is C12H17NO4S. The van der Waals surface area contributed by atoms with Crippen LogP contribution in [0.1, 0.15) is 24.2 Å². The average molecular weight is 271 g/mol. The second-order valence-corrected chi connectivity index (χ2v) is 6.51. The van der Waals surface area contributed by atoms with Gasteiger partial charge in [0.1, 0.15) is 0 Å². The fourth-order valence-corrected chi connectivity index (χ4v) is 3.14. The van der Waals surface area contributed by atoms with Crippen LogP contribution in [-0.2, 0) is 10.0 Å². The molecule has 0 radical (unpaired) electrons. The lowest BCUT2D eigenvalue weighted by molar-refractivity contribution is 0.0698. The maximum atomic E-state index is 12.0. The lowest BCUT2D eigenvalue weighted by atomic mass is 10.2. The van der Waals surface area contributed by atoms with Gasteiger partial charge < -0.3 is 5.11 Å². The molecule has 0 saturated heterocycles. The summed E-state index contributed by atoms with van der Waals surface area (Å²) in [5.74, 6) is -1.18. The number of carboxylic acid groups (broad SMARTS) is 1. The summed E-state index contributed by atoms with van der Waals surface area (Å²) in [6.07, 6.45) is 0. The number of hydrogen-bond acceptors (Lipinski definition) is 3. The summed E-state index contributed by atoms with van der Waals surface area (Å²) < 4.78 is 25.1. The van der Waals surface area contributed by atoms with Crippen molar-refractivity contribution in [2.24, 2.45) is 5.92 Å². The molecule has 0 aromatic heterocycles. The Morgan fingerprint density at radius 3 is 2.39 bits per heavy atom. The molecule has 0 spiro atoms. The first-order chi connectivity index (χ1) is 8.25. The summed E-state index contributed by atoms with van der Waals surface area (Å²) in [6.45, 7) is 3.60. The van der Waals surface area contributed by atoms with Crippen molar-refractivity contribution >= 4 is 21.7 Å². The maximum Gasteiger partial charge on any atom is 0.337 e. The lowest BCUT2D eigenvalue weighted by Crippen LogP contribution is -2.32. The highest BCUT2D eigenvalue weighted by atomic mass is 32.2. The number of rotatable bonds is 5. The molecule has 0 bridgehead atoms. The molecule has 0 heterocycles. The van der Waals surface area contributed by atoms with E-state index in [2.05, 4.69) is 0 Å². The molecule has 0 aliphatic rings. The molecule has 0 aliphatic heterocycles. The van der Waals surface area contributed by atoms with Crippen molar-refractivity contribution in [1.82, 2.24) is 0 Å². The molecule has 0 amide bonds. The van der Waals surface area contributed by atoms with Crippen molar-refractivity contribution in [2.45, 2.75) is 13.8 Å². The topological polar surface area (TPSA) is 74.7 Å². The molecule has 100 valence electrons. The Bertz CT molecular complexity index is 537. The van der Waals surface area contributed by atoms with Gasteiger partial charge in [0.15, 0.2) is 0 Å². The van der Waals surface area contributed by atoms with Crippen LogP contribution in [0.2, 0.25) is 0 Å². The molecule has 1 rings (SSSR count). The van der Waals surface area contributed by atoms with Crippen LogP contribution in [-0.4, -0.2) is 32.3 Å². The maximum absolute atomic E-state index is 12.0. The first-order valence-corrected chi connectivity index (χ1v) is 7.15. The van der Waals surface area contributed by atoms with Crippen molar-refractivity contribution in [2.75, 3.05) is 17.1 Å². The zero-order valence-electron chi connectivity index (χ0n) is 10.6. The van der Waals surface area contributed by atoms with Crippen LogP contribution in [0.4, 0.5) is 5.69 Å². The molecule has 0 fully saturated rings. The quantitative estimate of drug-likeness (QED) is 0.886. The van der Waals surface area contributed by atoms with Crippen molar-refractivity contribution in [3.8, 4) is 0 Å². The third-order valence-electron chi connectivity index (χ3n) is 2.43. The predicted molar refractivity (Wildman–Crippen MR) is 70.4 cm³/mol. The highest BCUT2D eigenvalue weighted by Crippen LogP contribution is 2.22. The van der Waals surface area contributed by atoms with Gasteiger partial charge >= 0.3 is 5.97 Å². The fourth-order valence-electron chi connectivity index (χ4n) is 1.61. The Hall–Kier alpha value is -1.56. The molecule has 1 aromatic carbocycles. The van der Waals surface area contributed by atoms with Crippen molar-refractivity contribution < 1.29 is 18.3 Å². The monoisotopic (exact) mass is 271 g/mol. The van der Waals surface area contributed by atoms with Gasteiger partial charge in [-0.25, -0.2) is 13.2 Å². The van der Waals surface area contributed by atoms with Gasteiger partial charge in [0.25, 0.3) is 0 Å². The average Bonchev–Trinajstić information content (AvgIpc) is 2.26. The first kappa shape index (κ1) is 14.5. The van der Waals surface area contributed by atoms with Crippen LogP contribution in [0.3, 0.4) is 0 Å². The number of carbonyl (C=O) groups is 1. The number of carboxylic acids is 1. The van der Waals surface area contributed by atoms with Gasteiger partial charge in [0, 0.05) is 7.05 Å². The summed E-state index contributed by atoms with van der Waals surface area (Å²) in [4.78, 5) is 11.1. The van der Waals surface area contributed by atoms with Crippen LogP contribution in [0.15, 0.2) is 24.3 Å². The van der Waals surface area contributed by atoms with Crippen molar-refractivity contribution in [3.63, 3.8) is 0 Å². The van der Waals surface area contributed by atoms with E-state index in [0.717, 1.165) is 4.31 Å². The van der Waals surface area contributed by atoms with Gasteiger partial charge in [-0.1, -0.05) is 26.0 Å². The van der Waals surface area contributed by atoms with E-state index >= 15 is 0 Å². The van der Waals surface area contributed by atoms with Gasteiger partial charge in [-0.05, 0) is 18.1 Å². The minimum atomic E-state index is -3.50. The molecule has 1 N–H and O–H groups in total. The third kappa shape index (κ3) is 3.22. The minimum Gasteiger partial charge on any atom is -0.478 e. The molecule has 0 atom stereocenters. The van der Waals surface area contributed by atoms with E-state index in [0.29, 0.717) is 0 Å². The summed E-state index contributed by atoms with van der Waals surface area (Å²) in [6, 6.07) is 6.05. The predicted octanol–water partition coefficient (Wildman–Crippen LogP) is 1.81. The number of nitrogens with zero attached hydrogens (tertiary/aromatic N) is 1. The third-order valence-corrected chi connectivity index (χ3v) is 4.55. The minimum absolute atomic E-state index is 0.0164. The summed E-state index contributed by atoms with van der Waals surface area (Å²) in [5.41, 5.74) is 0.165. The van der Waals surface area contributed by atoms with Crippen molar-refractivity contribution in [3.05, 3.63) is 29.8 Å². The Morgan fingerprint density at radius 2 is 1.89 bits per heavy atom. The molecule has 6 heteroatoms. The zero-order chi connectivity index (χ0) is 13.9. The van der Waals surface area contributed by atoms with Crippen LogP contribution in [0, 0.1) is 5.92 Å². The number of anilines is 1. The van der Waals surface area contributed by atoms with E-state index in [-0.39, 0.29) is 22.9 Å². The van der Waals surface area contributed by atoms with Gasteiger partial charge in [0.05, 0.1) is 17.0 Å². The highest BCUT2D eigenvalue weighted by molar-refractivity contribution is 7.92. The summed E-state index contributed by atoms with van der Waals surface area (Å²) in [7, 11) is -2.12. The zero-order valence-corrected chi connectivity index (χ0v) is 11.4. The van der Waals surface area contributed by atoms with Crippen LogP contribution >= 0.6 is 0 Å². The number of aromatic carboxylic acids is 1. The molecule has 0 aliphatic carbocycles. The molecular weight excluding hydrogens is 254 g/mol. The van der Waals surface area contributed by atoms with E-state index in [1.165, 1.54) is 19.2 Å². The van der Waals surface area contributed by atoms with Crippen LogP contribution in [0.5, 0.6) is 0 Å². The van der Waals surface area contributed by atoms with E-state index in [9.17, 15) is 13.2 Å². The first-order valence-electron chi connectivity index (χ1n) is 5.54. The lowest BCUT2D eigenvalue weighted by Gasteiger charge is -2.22. The largest absolute Gasteiger partial charge is 0.478 e. The number of para-hydroxylation sites is 1. The summed E-state index contributed by atoms with van der Waals surface area (Å²) >= 11 is 0. The molecule has 5 nitrogen and oxygen atoms in total. The molecule has 18 heavy (non-hydrogen) atoms. The van der Waals surface area contributed by atoms with Gasteiger partial charge in [-0.15, -0.1) is 0 Å². The standard InChI is InChI=1S/C12H17NO4S/c1-9(2)8-18(16,17)13(3)11-7-5-4-6-10(11)12(14)15/h4-7,9H,8H2,1-3H3,(H,14,15). The van der Waals surface area contributed by atoms with Gasteiger partial charge in [-0.3, -0.25) is 4.31 Å². The van der Waals surface area contributed by atoms with Crippen molar-refractivity contribution in [1.29, 1.82) is 0 Å². The Balaban J connectivity index is 3.19. The highest BCUT2D eigenvalue weighted by Gasteiger charge is 2.23. The van der Waals surface area contributed by atoms with E-state index < -0.39 is 16.0 Å². The fraction of sp³-hybridized carbons (Fsp3) is 0.417. The Morgan fingerprint density at radius 1 is 1.33 bits per heavy atom. The molecule has 0 unspecified atom stereocenters. The molecule has 1 aromatic rings. The number of hydrogen-bond donors (Lipinski definition) is 1. The van der Waals surface area contributed by atoms with Crippen LogP contribution in [0.25, 0.3) is 0 Å². The normalized spacial score (nSPS) is 11.6. The number of sulfonamides is 1. The Kier molecular flexibility index (Phi) is 4.34. The Labute approximate surface area is 107 Å². The van der Waals surface area contributed by atoms with E-state index in [1.807, 2.05) is 0 Å². The van der Waals surface area contributed by atoms with Gasteiger partial charge in [-0.2, -0.15) is 0 Å².